The first-order chi connectivity index (χ1) is 10.1. The van der Waals surface area contributed by atoms with Crippen LogP contribution in [0.5, 0.6) is 5.75 Å². The smallest absolute Gasteiger partial charge is 0.296 e. The zero-order chi connectivity index (χ0) is 14.8. The summed E-state index contributed by atoms with van der Waals surface area (Å²) >= 11 is 0. The highest BCUT2D eigenvalue weighted by Gasteiger charge is 2.32. The molecule has 21 heavy (non-hydrogen) atoms. The Balaban J connectivity index is 1.71. The van der Waals surface area contributed by atoms with Gasteiger partial charge in [-0.15, -0.1) is 0 Å². The molecule has 0 aromatic heterocycles. The van der Waals surface area contributed by atoms with Gasteiger partial charge in [0.1, 0.15) is 11.4 Å². The molecule has 0 bridgehead atoms. The number of rotatable bonds is 3. The summed E-state index contributed by atoms with van der Waals surface area (Å²) < 4.78 is 0. The lowest BCUT2D eigenvalue weighted by atomic mass is 9.69. The van der Waals surface area contributed by atoms with Crippen molar-refractivity contribution in [3.05, 3.63) is 28.3 Å². The molecule has 3 rings (SSSR count). The average molecular weight is 290 g/mol. The van der Waals surface area contributed by atoms with Gasteiger partial charge in [-0.3, -0.25) is 10.1 Å². The topological polar surface area (TPSA) is 75.4 Å². The molecule has 2 saturated carbocycles. The van der Waals surface area contributed by atoms with E-state index < -0.39 is 4.92 Å². The van der Waals surface area contributed by atoms with E-state index >= 15 is 0 Å². The Labute approximate surface area is 124 Å². The predicted octanol–water partition coefficient (Wildman–Crippen LogP) is 4.07. The summed E-state index contributed by atoms with van der Waals surface area (Å²) in [7, 11) is 0. The first-order valence-corrected chi connectivity index (χ1v) is 7.87. The number of nitro benzene ring substituents is 1. The highest BCUT2D eigenvalue weighted by atomic mass is 16.6. The first kappa shape index (κ1) is 14.2. The number of phenolic OH excluding ortho intramolecular Hbond substituents is 1. The number of nitrogens with zero attached hydrogens (tertiary/aromatic N) is 1. The van der Waals surface area contributed by atoms with Gasteiger partial charge in [0.2, 0.25) is 0 Å². The second-order valence-corrected chi connectivity index (χ2v) is 6.42. The molecule has 3 atom stereocenters. The normalized spacial score (nSPS) is 28.7. The number of phenols is 1. The summed E-state index contributed by atoms with van der Waals surface area (Å²) in [5.41, 5.74) is 0.484. The van der Waals surface area contributed by atoms with E-state index in [0.717, 1.165) is 24.7 Å². The van der Waals surface area contributed by atoms with Crippen LogP contribution < -0.4 is 5.32 Å². The number of anilines is 1. The van der Waals surface area contributed by atoms with Gasteiger partial charge in [0.05, 0.1) is 11.0 Å². The van der Waals surface area contributed by atoms with Crippen LogP contribution in [-0.2, 0) is 0 Å². The van der Waals surface area contributed by atoms with Gasteiger partial charge < -0.3 is 10.4 Å². The van der Waals surface area contributed by atoms with Crippen LogP contribution in [0.3, 0.4) is 0 Å². The maximum absolute atomic E-state index is 11.1. The standard InChI is InChI=1S/C16H22N2O3/c19-14-7-8-15(16(10-14)18(20)21)17-13-6-5-11-3-1-2-4-12(11)9-13/h7-8,10-13,17,19H,1-6,9H2. The fourth-order valence-electron chi connectivity index (χ4n) is 4.02. The van der Waals surface area contributed by atoms with Gasteiger partial charge in [0, 0.05) is 6.04 Å². The van der Waals surface area contributed by atoms with Crippen molar-refractivity contribution in [2.75, 3.05) is 5.32 Å². The molecule has 2 aliphatic carbocycles. The molecule has 2 aliphatic rings. The van der Waals surface area contributed by atoms with Gasteiger partial charge in [-0.2, -0.15) is 0 Å². The molecular formula is C16H22N2O3. The molecule has 5 heteroatoms. The highest BCUT2D eigenvalue weighted by Crippen LogP contribution is 2.41. The molecule has 1 aromatic carbocycles. The van der Waals surface area contributed by atoms with Crippen LogP contribution >= 0.6 is 0 Å². The van der Waals surface area contributed by atoms with E-state index in [1.165, 1.54) is 44.2 Å². The van der Waals surface area contributed by atoms with Crippen molar-refractivity contribution in [3.8, 4) is 5.75 Å². The Morgan fingerprint density at radius 2 is 1.90 bits per heavy atom. The van der Waals surface area contributed by atoms with Gasteiger partial charge in [0.25, 0.3) is 5.69 Å². The zero-order valence-electron chi connectivity index (χ0n) is 12.1. The van der Waals surface area contributed by atoms with Crippen LogP contribution in [0.1, 0.15) is 44.9 Å². The van der Waals surface area contributed by atoms with Crippen LogP contribution in [0.2, 0.25) is 0 Å². The van der Waals surface area contributed by atoms with Crippen molar-refractivity contribution in [3.63, 3.8) is 0 Å². The number of benzene rings is 1. The number of hydrogen-bond donors (Lipinski definition) is 2. The monoisotopic (exact) mass is 290 g/mol. The number of hydrogen-bond acceptors (Lipinski definition) is 4. The number of aromatic hydroxyl groups is 1. The van der Waals surface area contributed by atoms with Crippen LogP contribution in [-0.4, -0.2) is 16.1 Å². The van der Waals surface area contributed by atoms with Crippen LogP contribution in [0.25, 0.3) is 0 Å². The maximum Gasteiger partial charge on any atom is 0.296 e. The summed E-state index contributed by atoms with van der Waals surface area (Å²) in [5, 5.41) is 23.9. The van der Waals surface area contributed by atoms with Crippen molar-refractivity contribution >= 4 is 11.4 Å². The summed E-state index contributed by atoms with van der Waals surface area (Å²) in [5.74, 6) is 1.58. The van der Waals surface area contributed by atoms with E-state index in [2.05, 4.69) is 5.32 Å². The third kappa shape index (κ3) is 3.12. The Morgan fingerprint density at radius 1 is 1.14 bits per heavy atom. The largest absolute Gasteiger partial charge is 0.508 e. The van der Waals surface area contributed by atoms with E-state index in [1.54, 1.807) is 6.07 Å². The van der Waals surface area contributed by atoms with E-state index in [-0.39, 0.29) is 11.4 Å². The highest BCUT2D eigenvalue weighted by molar-refractivity contribution is 5.64. The average Bonchev–Trinajstić information content (AvgIpc) is 2.49. The molecule has 1 aromatic rings. The molecular weight excluding hydrogens is 268 g/mol. The number of fused-ring (bicyclic) bond motifs is 1. The fourth-order valence-corrected chi connectivity index (χ4v) is 4.02. The van der Waals surface area contributed by atoms with Crippen LogP contribution in [0, 0.1) is 22.0 Å². The van der Waals surface area contributed by atoms with Crippen molar-refractivity contribution in [2.24, 2.45) is 11.8 Å². The molecule has 0 radical (unpaired) electrons. The summed E-state index contributed by atoms with van der Waals surface area (Å²) in [4.78, 5) is 10.7. The second-order valence-electron chi connectivity index (χ2n) is 6.42. The van der Waals surface area contributed by atoms with Crippen molar-refractivity contribution in [2.45, 2.75) is 51.0 Å². The number of nitrogens with one attached hydrogen (secondary N) is 1. The molecule has 2 fully saturated rings. The quantitative estimate of drug-likeness (QED) is 0.500. The van der Waals surface area contributed by atoms with E-state index in [1.807, 2.05) is 0 Å². The molecule has 3 unspecified atom stereocenters. The van der Waals surface area contributed by atoms with Crippen molar-refractivity contribution < 1.29 is 10.0 Å². The van der Waals surface area contributed by atoms with Gasteiger partial charge >= 0.3 is 0 Å². The third-order valence-corrected chi connectivity index (χ3v) is 5.08. The van der Waals surface area contributed by atoms with Crippen molar-refractivity contribution in [1.82, 2.24) is 0 Å². The second kappa shape index (κ2) is 5.92. The summed E-state index contributed by atoms with van der Waals surface area (Å²) in [6.07, 6.45) is 8.78. The Kier molecular flexibility index (Phi) is 3.99. The molecule has 0 heterocycles. The van der Waals surface area contributed by atoms with Gasteiger partial charge in [-0.25, -0.2) is 0 Å². The van der Waals surface area contributed by atoms with Gasteiger partial charge in [-0.1, -0.05) is 25.7 Å². The van der Waals surface area contributed by atoms with Gasteiger partial charge in [-0.05, 0) is 43.2 Å². The van der Waals surface area contributed by atoms with Gasteiger partial charge in [0.15, 0.2) is 0 Å². The molecule has 0 spiro atoms. The van der Waals surface area contributed by atoms with Crippen LogP contribution in [0.15, 0.2) is 18.2 Å². The van der Waals surface area contributed by atoms with Crippen molar-refractivity contribution in [1.29, 1.82) is 0 Å². The minimum absolute atomic E-state index is 0.0410. The molecule has 0 amide bonds. The zero-order valence-corrected chi connectivity index (χ0v) is 12.1. The van der Waals surface area contributed by atoms with E-state index in [0.29, 0.717) is 11.7 Å². The minimum atomic E-state index is -0.436. The Morgan fingerprint density at radius 3 is 2.67 bits per heavy atom. The minimum Gasteiger partial charge on any atom is -0.508 e. The fraction of sp³-hybridized carbons (Fsp3) is 0.625. The lowest BCUT2D eigenvalue weighted by Crippen LogP contribution is -2.34. The first-order valence-electron chi connectivity index (χ1n) is 7.87. The lowest BCUT2D eigenvalue weighted by molar-refractivity contribution is -0.384. The maximum atomic E-state index is 11.1. The SMILES string of the molecule is O=[N+]([O-])c1cc(O)ccc1NC1CCC2CCCCC2C1. The van der Waals surface area contributed by atoms with E-state index in [9.17, 15) is 15.2 Å². The summed E-state index contributed by atoms with van der Waals surface area (Å²) in [6, 6.07) is 4.64. The molecule has 2 N–H and O–H groups in total. The number of nitro groups is 1. The van der Waals surface area contributed by atoms with Crippen LogP contribution in [0.4, 0.5) is 11.4 Å². The molecule has 5 nitrogen and oxygen atoms in total. The molecule has 114 valence electrons. The van der Waals surface area contributed by atoms with E-state index in [4.69, 9.17) is 0 Å². The molecule has 0 aliphatic heterocycles. The lowest BCUT2D eigenvalue weighted by Gasteiger charge is -2.39. The molecule has 0 saturated heterocycles. The predicted molar refractivity (Wildman–Crippen MR) is 81.5 cm³/mol. The third-order valence-electron chi connectivity index (χ3n) is 5.08. The summed E-state index contributed by atoms with van der Waals surface area (Å²) in [6.45, 7) is 0. The Bertz CT molecular complexity index is 532. The Hall–Kier alpha value is -1.78.